The van der Waals surface area contributed by atoms with E-state index in [9.17, 15) is 34.2 Å². The van der Waals surface area contributed by atoms with Crippen molar-refractivity contribution in [1.29, 1.82) is 0 Å². The van der Waals surface area contributed by atoms with Gasteiger partial charge in [-0.1, -0.05) is 34.1 Å². The lowest BCUT2D eigenvalue weighted by atomic mass is 9.97. The number of carbonyl (C=O) groups excluding carboxylic acids is 3. The first-order valence-electron chi connectivity index (χ1n) is 11.9. The molecule has 0 aromatic rings. The summed E-state index contributed by atoms with van der Waals surface area (Å²) < 4.78 is 0. The number of amides is 3. The quantitative estimate of drug-likeness (QED) is 0.0630. The number of aliphatic carboxylic acids is 2. The molecule has 5 atom stereocenters. The summed E-state index contributed by atoms with van der Waals surface area (Å²) in [5.41, 5.74) is 16.3. The average molecular weight is 516 g/mol. The maximum absolute atomic E-state index is 12.9. The van der Waals surface area contributed by atoms with Gasteiger partial charge in [0, 0.05) is 6.54 Å². The minimum atomic E-state index is -1.51. The molecule has 3 amide bonds. The fourth-order valence-corrected chi connectivity index (χ4v) is 3.23. The molecule has 0 radical (unpaired) electrons. The van der Waals surface area contributed by atoms with Gasteiger partial charge in [0.25, 0.3) is 0 Å². The lowest BCUT2D eigenvalue weighted by Gasteiger charge is -2.27. The van der Waals surface area contributed by atoms with Crippen molar-refractivity contribution in [3.05, 3.63) is 0 Å². The number of carbonyl (C=O) groups is 5. The number of nitrogens with zero attached hydrogens (tertiary/aromatic N) is 1. The Hall–Kier alpha value is -3.42. The summed E-state index contributed by atoms with van der Waals surface area (Å²) in [5.74, 6) is -5.50. The molecule has 206 valence electrons. The van der Waals surface area contributed by atoms with E-state index in [1.807, 2.05) is 0 Å². The van der Waals surface area contributed by atoms with Crippen molar-refractivity contribution in [2.75, 3.05) is 6.54 Å². The molecule has 14 nitrogen and oxygen atoms in total. The summed E-state index contributed by atoms with van der Waals surface area (Å²) in [5, 5.41) is 25.9. The van der Waals surface area contributed by atoms with Crippen LogP contribution in [0.2, 0.25) is 0 Å². The van der Waals surface area contributed by atoms with E-state index < -0.39 is 60.2 Å². The number of aliphatic imine (C=N–C) groups is 1. The van der Waals surface area contributed by atoms with Gasteiger partial charge in [-0.05, 0) is 31.1 Å². The zero-order valence-corrected chi connectivity index (χ0v) is 21.3. The SMILES string of the molecule is CCC(C)C(NC(=O)C(CC(C)C)NC(=O)C(CC(=O)O)NC(=O)C(N)CCCN=C(N)N)C(=O)O. The van der Waals surface area contributed by atoms with Crippen LogP contribution in [0.4, 0.5) is 0 Å². The smallest absolute Gasteiger partial charge is 0.326 e. The molecule has 0 bridgehead atoms. The first kappa shape index (κ1) is 32.6. The molecule has 0 rings (SSSR count). The van der Waals surface area contributed by atoms with Gasteiger partial charge in [-0.3, -0.25) is 24.2 Å². The topological polar surface area (TPSA) is 252 Å². The van der Waals surface area contributed by atoms with E-state index in [4.69, 9.17) is 17.2 Å². The van der Waals surface area contributed by atoms with Gasteiger partial charge >= 0.3 is 11.9 Å². The fourth-order valence-electron chi connectivity index (χ4n) is 3.23. The Kier molecular flexibility index (Phi) is 14.7. The molecular formula is C22H41N7O7. The third-order valence-corrected chi connectivity index (χ3v) is 5.43. The van der Waals surface area contributed by atoms with Crippen LogP contribution >= 0.6 is 0 Å². The fraction of sp³-hybridized carbons (Fsp3) is 0.727. The first-order chi connectivity index (χ1) is 16.7. The lowest BCUT2D eigenvalue weighted by Crippen LogP contribution is -2.58. The molecule has 0 spiro atoms. The number of carboxylic acids is 2. The minimum absolute atomic E-state index is 0.0703. The number of rotatable bonds is 17. The summed E-state index contributed by atoms with van der Waals surface area (Å²) in [6, 6.07) is -4.87. The highest BCUT2D eigenvalue weighted by Crippen LogP contribution is 2.11. The van der Waals surface area contributed by atoms with Gasteiger partial charge in [-0.2, -0.15) is 0 Å². The van der Waals surface area contributed by atoms with E-state index in [2.05, 4.69) is 20.9 Å². The molecule has 0 aliphatic carbocycles. The Bertz CT molecular complexity index is 800. The van der Waals surface area contributed by atoms with Crippen molar-refractivity contribution >= 4 is 35.6 Å². The summed E-state index contributed by atoms with van der Waals surface area (Å²) in [6.45, 7) is 7.29. The van der Waals surface area contributed by atoms with E-state index in [0.29, 0.717) is 12.8 Å². The summed E-state index contributed by atoms with van der Waals surface area (Å²) >= 11 is 0. The van der Waals surface area contributed by atoms with Crippen molar-refractivity contribution in [3.8, 4) is 0 Å². The van der Waals surface area contributed by atoms with E-state index in [0.717, 1.165) is 0 Å². The van der Waals surface area contributed by atoms with E-state index in [1.165, 1.54) is 0 Å². The van der Waals surface area contributed by atoms with Crippen LogP contribution in [0.25, 0.3) is 0 Å². The maximum Gasteiger partial charge on any atom is 0.326 e. The minimum Gasteiger partial charge on any atom is -0.481 e. The van der Waals surface area contributed by atoms with Gasteiger partial charge in [0.1, 0.15) is 18.1 Å². The monoisotopic (exact) mass is 515 g/mol. The number of nitrogens with two attached hydrogens (primary N) is 3. The molecule has 36 heavy (non-hydrogen) atoms. The first-order valence-corrected chi connectivity index (χ1v) is 11.9. The second-order valence-electron chi connectivity index (χ2n) is 9.12. The van der Waals surface area contributed by atoms with Gasteiger partial charge < -0.3 is 43.4 Å². The van der Waals surface area contributed by atoms with Crippen molar-refractivity contribution in [2.45, 2.75) is 84.0 Å². The third kappa shape index (κ3) is 12.9. The molecule has 0 aromatic heterocycles. The molecule has 5 unspecified atom stereocenters. The van der Waals surface area contributed by atoms with E-state index in [-0.39, 0.29) is 37.2 Å². The molecule has 0 saturated heterocycles. The standard InChI is InChI=1S/C22H41N7O7/c1-5-12(4)17(21(35)36)29-20(34)14(9-11(2)3)28-19(33)15(10-16(30)31)27-18(32)13(23)7-6-8-26-22(24)25/h11-15,17H,5-10,23H2,1-4H3,(H,27,32)(H,28,33)(H,29,34)(H,30,31)(H,35,36)(H4,24,25,26). The molecule has 0 fully saturated rings. The Morgan fingerprint density at radius 2 is 1.44 bits per heavy atom. The normalized spacial score (nSPS) is 15.1. The molecule has 0 saturated carbocycles. The Morgan fingerprint density at radius 1 is 0.889 bits per heavy atom. The zero-order chi connectivity index (χ0) is 28.0. The van der Waals surface area contributed by atoms with Crippen molar-refractivity contribution < 1.29 is 34.2 Å². The highest BCUT2D eigenvalue weighted by atomic mass is 16.4. The summed E-state index contributed by atoms with van der Waals surface area (Å²) in [7, 11) is 0. The van der Waals surface area contributed by atoms with Crippen LogP contribution in [-0.4, -0.2) is 76.5 Å². The van der Waals surface area contributed by atoms with E-state index >= 15 is 0 Å². The van der Waals surface area contributed by atoms with Crippen LogP contribution in [0.15, 0.2) is 4.99 Å². The van der Waals surface area contributed by atoms with Crippen LogP contribution < -0.4 is 33.2 Å². The Morgan fingerprint density at radius 3 is 1.92 bits per heavy atom. The maximum atomic E-state index is 12.9. The average Bonchev–Trinajstić information content (AvgIpc) is 2.77. The molecule has 11 N–H and O–H groups in total. The number of carboxylic acid groups (broad SMARTS) is 2. The van der Waals surface area contributed by atoms with Gasteiger partial charge in [-0.25, -0.2) is 4.79 Å². The van der Waals surface area contributed by atoms with Gasteiger partial charge in [0.15, 0.2) is 5.96 Å². The Balaban J connectivity index is 5.46. The van der Waals surface area contributed by atoms with Crippen LogP contribution in [0.1, 0.15) is 59.8 Å². The largest absolute Gasteiger partial charge is 0.481 e. The second kappa shape index (κ2) is 16.3. The molecule has 0 aliphatic rings. The second-order valence-corrected chi connectivity index (χ2v) is 9.12. The number of guanidine groups is 1. The molecule has 0 aliphatic heterocycles. The highest BCUT2D eigenvalue weighted by Gasteiger charge is 2.33. The summed E-state index contributed by atoms with van der Waals surface area (Å²) in [4.78, 5) is 64.9. The van der Waals surface area contributed by atoms with Crippen LogP contribution in [0.5, 0.6) is 0 Å². The molecule has 0 aromatic carbocycles. The van der Waals surface area contributed by atoms with Crippen molar-refractivity contribution in [1.82, 2.24) is 16.0 Å². The van der Waals surface area contributed by atoms with Crippen molar-refractivity contribution in [2.24, 2.45) is 34.0 Å². The number of hydrogen-bond donors (Lipinski definition) is 8. The predicted molar refractivity (Wildman–Crippen MR) is 132 cm³/mol. The van der Waals surface area contributed by atoms with Crippen LogP contribution in [0, 0.1) is 11.8 Å². The molecule has 14 heteroatoms. The van der Waals surface area contributed by atoms with E-state index in [1.54, 1.807) is 27.7 Å². The molecular weight excluding hydrogens is 474 g/mol. The number of hydrogen-bond acceptors (Lipinski definition) is 7. The molecule has 0 heterocycles. The highest BCUT2D eigenvalue weighted by molar-refractivity contribution is 5.95. The Labute approximate surface area is 210 Å². The van der Waals surface area contributed by atoms with Gasteiger partial charge in [0.2, 0.25) is 17.7 Å². The lowest BCUT2D eigenvalue weighted by molar-refractivity contribution is -0.144. The predicted octanol–water partition coefficient (Wildman–Crippen LogP) is -1.53. The third-order valence-electron chi connectivity index (χ3n) is 5.43. The van der Waals surface area contributed by atoms with Gasteiger partial charge in [-0.15, -0.1) is 0 Å². The van der Waals surface area contributed by atoms with Crippen molar-refractivity contribution in [3.63, 3.8) is 0 Å². The number of nitrogens with one attached hydrogen (secondary N) is 3. The van der Waals surface area contributed by atoms with Crippen LogP contribution in [-0.2, 0) is 24.0 Å². The van der Waals surface area contributed by atoms with Gasteiger partial charge in [0.05, 0.1) is 12.5 Å². The van der Waals surface area contributed by atoms with Crippen LogP contribution in [0.3, 0.4) is 0 Å². The summed E-state index contributed by atoms with van der Waals surface area (Å²) in [6.07, 6.45) is 0.452. The zero-order valence-electron chi connectivity index (χ0n) is 21.3.